The molecule has 0 heterocycles. The Labute approximate surface area is 75.3 Å². The molecule has 0 aliphatic heterocycles. The Kier molecular flexibility index (Phi) is 11.1. The van der Waals surface area contributed by atoms with Gasteiger partial charge in [0.05, 0.1) is 0 Å². The molecule has 58 valence electrons. The first-order valence-electron chi connectivity index (χ1n) is 2.92. The summed E-state index contributed by atoms with van der Waals surface area (Å²) in [5.74, 6) is 0. The van der Waals surface area contributed by atoms with Crippen LogP contribution < -0.4 is 0 Å². The van der Waals surface area contributed by atoms with Crippen LogP contribution in [0.2, 0.25) is 0 Å². The molecule has 0 bridgehead atoms. The predicted molar refractivity (Wildman–Crippen MR) is 47.3 cm³/mol. The van der Waals surface area contributed by atoms with Gasteiger partial charge >= 0.3 is 20.4 Å². The van der Waals surface area contributed by atoms with Crippen molar-refractivity contribution in [2.45, 2.75) is 0 Å². The fraction of sp³-hybridized carbons (Fsp3) is 1.00. The molecule has 0 saturated heterocycles. The third-order valence-electron chi connectivity index (χ3n) is 0.994. The normalized spacial score (nSPS) is 10.0. The molecule has 0 N–H and O–H groups in total. The quantitative estimate of drug-likeness (QED) is 0.538. The van der Waals surface area contributed by atoms with Gasteiger partial charge in [0.1, 0.15) is 0 Å². The van der Waals surface area contributed by atoms with Gasteiger partial charge in [0.25, 0.3) is 0 Å². The predicted octanol–water partition coefficient (Wildman–Crippen LogP) is 2.47. The van der Waals surface area contributed by atoms with Crippen molar-refractivity contribution in [2.75, 3.05) is 39.0 Å². The molecule has 0 unspecified atom stereocenters. The molecule has 0 spiro atoms. The molecule has 0 atom stereocenters. The zero-order valence-electron chi connectivity index (χ0n) is 6.62. The van der Waals surface area contributed by atoms with E-state index in [0.717, 1.165) is 0 Å². The summed E-state index contributed by atoms with van der Waals surface area (Å²) in [6, 6.07) is 0. The molecule has 0 saturated carbocycles. The van der Waals surface area contributed by atoms with E-state index in [0.29, 0.717) is 15.8 Å². The minimum Gasteiger partial charge on any atom is -0.113 e. The van der Waals surface area contributed by atoms with Crippen molar-refractivity contribution < 1.29 is 20.4 Å². The zero-order valence-corrected chi connectivity index (χ0v) is 9.97. The zero-order chi connectivity index (χ0) is 6.57. The van der Waals surface area contributed by atoms with Crippen LogP contribution in [-0.4, -0.2) is 39.0 Å². The van der Waals surface area contributed by atoms with Gasteiger partial charge in [0, 0.05) is 0 Å². The van der Waals surface area contributed by atoms with Gasteiger partial charge in [-0.15, -0.1) is 15.8 Å². The van der Waals surface area contributed by atoms with Crippen molar-refractivity contribution >= 4 is 15.8 Å². The average Bonchev–Trinajstić information content (AvgIpc) is 1.61. The Morgan fingerprint density at radius 1 is 0.778 bits per heavy atom. The largest absolute Gasteiger partial charge is 2.00 e. The minimum absolute atomic E-state index is 0. The molecule has 9 heavy (non-hydrogen) atoms. The second-order valence-corrected chi connectivity index (χ2v) is 7.82. The first-order valence-corrected chi connectivity index (χ1v) is 7.76. The molecule has 0 fully saturated rings. The van der Waals surface area contributed by atoms with Crippen LogP contribution in [0.5, 0.6) is 0 Å². The molecule has 0 amide bonds. The Balaban J connectivity index is 0. The van der Waals surface area contributed by atoms with E-state index in [9.17, 15) is 0 Å². The summed E-state index contributed by atoms with van der Waals surface area (Å²) in [7, 11) is 0.766. The molecule has 3 heteroatoms. The third-order valence-corrected chi connectivity index (χ3v) is 3.58. The summed E-state index contributed by atoms with van der Waals surface area (Å²) in [6.45, 7) is 9.42. The minimum atomic E-state index is 0. The van der Waals surface area contributed by atoms with Crippen molar-refractivity contribution in [3.8, 4) is 0 Å². The molecule has 0 aromatic carbocycles. The molecule has 0 aromatic rings. The number of hydrogen-bond acceptors (Lipinski definition) is 0. The van der Waals surface area contributed by atoms with Gasteiger partial charge in [-0.1, -0.05) is 0 Å². The second-order valence-electron chi connectivity index (χ2n) is 2.61. The van der Waals surface area contributed by atoms with Gasteiger partial charge in [-0.3, -0.25) is 0 Å². The summed E-state index contributed by atoms with van der Waals surface area (Å²) in [4.78, 5) is 0. The summed E-state index contributed by atoms with van der Waals surface area (Å²) >= 11 is 0. The van der Waals surface area contributed by atoms with Gasteiger partial charge in [0.15, 0.2) is 0 Å². The molecule has 0 radical (unpaired) electrons. The van der Waals surface area contributed by atoms with Crippen LogP contribution >= 0.6 is 15.8 Å². The van der Waals surface area contributed by atoms with Crippen molar-refractivity contribution in [2.24, 2.45) is 0 Å². The maximum Gasteiger partial charge on any atom is 2.00 e. The maximum atomic E-state index is 2.36. The van der Waals surface area contributed by atoms with E-state index in [2.05, 4.69) is 26.7 Å². The monoisotopic (exact) mass is 256 g/mol. The number of rotatable bonds is 3. The van der Waals surface area contributed by atoms with Crippen molar-refractivity contribution in [1.29, 1.82) is 0 Å². The van der Waals surface area contributed by atoms with E-state index < -0.39 is 0 Å². The SMILES string of the molecule is CP(C)CCP(C)C.[Pd+2]. The van der Waals surface area contributed by atoms with Crippen LogP contribution in [-0.2, 0) is 20.4 Å². The molecule has 0 nitrogen and oxygen atoms in total. The fourth-order valence-electron chi connectivity index (χ4n) is 0.400. The molecule has 0 aromatic heterocycles. The standard InChI is InChI=1S/C6H16P2.Pd/c1-7(2)5-6-8(3)4;/h5-6H2,1-4H3;/q;+2. The van der Waals surface area contributed by atoms with E-state index in [1.807, 2.05) is 0 Å². The van der Waals surface area contributed by atoms with E-state index in [1.165, 1.54) is 12.3 Å². The van der Waals surface area contributed by atoms with Crippen LogP contribution in [0.4, 0.5) is 0 Å². The topological polar surface area (TPSA) is 0 Å². The average molecular weight is 257 g/mol. The Bertz CT molecular complexity index is 47.0. The number of hydrogen-bond donors (Lipinski definition) is 0. The van der Waals surface area contributed by atoms with E-state index in [-0.39, 0.29) is 20.4 Å². The Morgan fingerprint density at radius 3 is 1.11 bits per heavy atom. The third kappa shape index (κ3) is 12.7. The van der Waals surface area contributed by atoms with Crippen molar-refractivity contribution in [3.05, 3.63) is 0 Å². The van der Waals surface area contributed by atoms with Crippen molar-refractivity contribution in [3.63, 3.8) is 0 Å². The summed E-state index contributed by atoms with van der Waals surface area (Å²) < 4.78 is 0. The van der Waals surface area contributed by atoms with Crippen LogP contribution in [0.15, 0.2) is 0 Å². The molecular weight excluding hydrogens is 240 g/mol. The molecule has 0 rings (SSSR count). The summed E-state index contributed by atoms with van der Waals surface area (Å²) in [5, 5.41) is 0. The van der Waals surface area contributed by atoms with E-state index in [4.69, 9.17) is 0 Å². The van der Waals surface area contributed by atoms with Crippen LogP contribution in [0.25, 0.3) is 0 Å². The smallest absolute Gasteiger partial charge is 0.113 e. The van der Waals surface area contributed by atoms with Crippen LogP contribution in [0.1, 0.15) is 0 Å². The van der Waals surface area contributed by atoms with Gasteiger partial charge < -0.3 is 0 Å². The van der Waals surface area contributed by atoms with Crippen LogP contribution in [0, 0.1) is 0 Å². The first kappa shape index (κ1) is 13.1. The molecular formula is C6H16P2Pd+2. The summed E-state index contributed by atoms with van der Waals surface area (Å²) in [5.41, 5.74) is 0. The maximum absolute atomic E-state index is 2.36. The summed E-state index contributed by atoms with van der Waals surface area (Å²) in [6.07, 6.45) is 2.96. The fourth-order valence-corrected chi connectivity index (χ4v) is 3.60. The van der Waals surface area contributed by atoms with E-state index in [1.54, 1.807) is 0 Å². The molecule has 0 aliphatic rings. The van der Waals surface area contributed by atoms with Gasteiger partial charge in [-0.05, 0) is 39.0 Å². The second kappa shape index (κ2) is 7.63. The van der Waals surface area contributed by atoms with Crippen molar-refractivity contribution in [1.82, 2.24) is 0 Å². The van der Waals surface area contributed by atoms with Gasteiger partial charge in [-0.25, -0.2) is 0 Å². The molecule has 0 aliphatic carbocycles. The Hall–Kier alpha value is 1.52. The first-order chi connectivity index (χ1) is 3.63. The Morgan fingerprint density at radius 2 is 1.00 bits per heavy atom. The van der Waals surface area contributed by atoms with Crippen LogP contribution in [0.3, 0.4) is 0 Å². The van der Waals surface area contributed by atoms with Gasteiger partial charge in [-0.2, -0.15) is 0 Å². The van der Waals surface area contributed by atoms with E-state index >= 15 is 0 Å². The van der Waals surface area contributed by atoms with Gasteiger partial charge in [0.2, 0.25) is 0 Å².